The summed E-state index contributed by atoms with van der Waals surface area (Å²) in [6.45, 7) is 5.11. The SMILES string of the molecule is CCC(CC)COc1c(Br)cc(N)cc1Br. The molecule has 0 heterocycles. The van der Waals surface area contributed by atoms with E-state index in [-0.39, 0.29) is 0 Å². The van der Waals surface area contributed by atoms with Gasteiger partial charge in [-0.05, 0) is 49.9 Å². The zero-order valence-corrected chi connectivity index (χ0v) is 12.8. The Labute approximate surface area is 114 Å². The van der Waals surface area contributed by atoms with E-state index in [1.54, 1.807) is 0 Å². The highest BCUT2D eigenvalue weighted by molar-refractivity contribution is 9.11. The molecular formula is C12H17Br2NO. The van der Waals surface area contributed by atoms with Gasteiger partial charge >= 0.3 is 0 Å². The Kier molecular flexibility index (Phi) is 5.62. The van der Waals surface area contributed by atoms with Crippen molar-refractivity contribution >= 4 is 37.5 Å². The molecule has 0 fully saturated rings. The second-order valence-corrected chi connectivity index (χ2v) is 5.52. The molecule has 0 unspecified atom stereocenters. The minimum absolute atomic E-state index is 0.608. The maximum absolute atomic E-state index is 5.82. The number of ether oxygens (including phenoxy) is 1. The monoisotopic (exact) mass is 349 g/mol. The van der Waals surface area contributed by atoms with Gasteiger partial charge in [-0.3, -0.25) is 0 Å². The second kappa shape index (κ2) is 6.50. The molecule has 0 radical (unpaired) electrons. The molecule has 4 heteroatoms. The van der Waals surface area contributed by atoms with E-state index < -0.39 is 0 Å². The predicted octanol–water partition coefficient (Wildman–Crippen LogP) is 4.61. The van der Waals surface area contributed by atoms with Crippen LogP contribution in [-0.4, -0.2) is 6.61 Å². The molecule has 0 saturated heterocycles. The molecule has 0 aromatic heterocycles. The summed E-state index contributed by atoms with van der Waals surface area (Å²) < 4.78 is 7.60. The molecule has 0 aliphatic rings. The van der Waals surface area contributed by atoms with Gasteiger partial charge in [-0.25, -0.2) is 0 Å². The summed E-state index contributed by atoms with van der Waals surface area (Å²) in [5, 5.41) is 0. The average Bonchev–Trinajstić information content (AvgIpc) is 2.22. The van der Waals surface area contributed by atoms with Gasteiger partial charge in [-0.15, -0.1) is 0 Å². The highest BCUT2D eigenvalue weighted by atomic mass is 79.9. The summed E-state index contributed by atoms with van der Waals surface area (Å²) >= 11 is 6.91. The third kappa shape index (κ3) is 3.67. The maximum atomic E-state index is 5.82. The summed E-state index contributed by atoms with van der Waals surface area (Å²) in [7, 11) is 0. The Bertz CT molecular complexity index is 328. The van der Waals surface area contributed by atoms with Crippen molar-refractivity contribution in [2.75, 3.05) is 12.3 Å². The van der Waals surface area contributed by atoms with Crippen molar-refractivity contribution in [1.82, 2.24) is 0 Å². The van der Waals surface area contributed by atoms with Crippen molar-refractivity contribution in [2.45, 2.75) is 26.7 Å². The number of rotatable bonds is 5. The fourth-order valence-electron chi connectivity index (χ4n) is 1.44. The topological polar surface area (TPSA) is 35.2 Å². The summed E-state index contributed by atoms with van der Waals surface area (Å²) in [5.74, 6) is 1.44. The Morgan fingerprint density at radius 2 is 1.69 bits per heavy atom. The Morgan fingerprint density at radius 1 is 1.19 bits per heavy atom. The van der Waals surface area contributed by atoms with Crippen LogP contribution in [0.2, 0.25) is 0 Å². The van der Waals surface area contributed by atoms with E-state index >= 15 is 0 Å². The standard InChI is InChI=1S/C12H17Br2NO/c1-3-8(4-2)7-16-12-10(13)5-9(15)6-11(12)14/h5-6,8H,3-4,7,15H2,1-2H3. The Hall–Kier alpha value is -0.220. The first kappa shape index (κ1) is 13.8. The van der Waals surface area contributed by atoms with Crippen LogP contribution in [0.3, 0.4) is 0 Å². The fourth-order valence-corrected chi connectivity index (χ4v) is 2.89. The van der Waals surface area contributed by atoms with Gasteiger partial charge in [0.05, 0.1) is 15.6 Å². The first-order valence-electron chi connectivity index (χ1n) is 5.45. The van der Waals surface area contributed by atoms with E-state index in [9.17, 15) is 0 Å². The first-order chi connectivity index (χ1) is 7.58. The molecule has 0 atom stereocenters. The lowest BCUT2D eigenvalue weighted by molar-refractivity contribution is 0.238. The summed E-state index contributed by atoms with van der Waals surface area (Å²) in [6, 6.07) is 3.71. The van der Waals surface area contributed by atoms with Crippen LogP contribution in [0.25, 0.3) is 0 Å². The quantitative estimate of drug-likeness (QED) is 0.787. The Balaban J connectivity index is 2.74. The van der Waals surface area contributed by atoms with Crippen molar-refractivity contribution in [3.05, 3.63) is 21.1 Å². The van der Waals surface area contributed by atoms with Crippen LogP contribution in [-0.2, 0) is 0 Å². The number of nitrogen functional groups attached to an aromatic ring is 1. The molecule has 1 rings (SSSR count). The molecule has 90 valence electrons. The molecule has 2 nitrogen and oxygen atoms in total. The highest BCUT2D eigenvalue weighted by Crippen LogP contribution is 2.36. The lowest BCUT2D eigenvalue weighted by Gasteiger charge is -2.16. The van der Waals surface area contributed by atoms with Gasteiger partial charge in [0, 0.05) is 5.69 Å². The third-order valence-electron chi connectivity index (χ3n) is 2.64. The lowest BCUT2D eigenvalue weighted by atomic mass is 10.1. The van der Waals surface area contributed by atoms with E-state index in [1.165, 1.54) is 0 Å². The van der Waals surface area contributed by atoms with Crippen LogP contribution >= 0.6 is 31.9 Å². The smallest absolute Gasteiger partial charge is 0.147 e. The number of nitrogens with two attached hydrogens (primary N) is 1. The molecule has 1 aromatic rings. The number of benzene rings is 1. The zero-order valence-electron chi connectivity index (χ0n) is 9.59. The Morgan fingerprint density at radius 3 is 2.12 bits per heavy atom. The summed E-state index contributed by atoms with van der Waals surface area (Å²) in [4.78, 5) is 0. The minimum Gasteiger partial charge on any atom is -0.491 e. The number of anilines is 1. The largest absolute Gasteiger partial charge is 0.491 e. The van der Waals surface area contributed by atoms with Gasteiger partial charge in [0.25, 0.3) is 0 Å². The third-order valence-corrected chi connectivity index (χ3v) is 3.82. The fraction of sp³-hybridized carbons (Fsp3) is 0.500. The van der Waals surface area contributed by atoms with Gasteiger partial charge in [0.15, 0.2) is 0 Å². The number of halogens is 2. The molecule has 0 spiro atoms. The van der Waals surface area contributed by atoms with Crippen LogP contribution in [0, 0.1) is 5.92 Å². The van der Waals surface area contributed by atoms with Crippen LogP contribution in [0.15, 0.2) is 21.1 Å². The highest BCUT2D eigenvalue weighted by Gasteiger charge is 2.10. The molecule has 0 saturated carbocycles. The van der Waals surface area contributed by atoms with Crippen molar-refractivity contribution in [2.24, 2.45) is 5.92 Å². The molecule has 0 aliphatic carbocycles. The van der Waals surface area contributed by atoms with E-state index in [2.05, 4.69) is 45.7 Å². The van der Waals surface area contributed by atoms with Crippen molar-refractivity contribution < 1.29 is 4.74 Å². The van der Waals surface area contributed by atoms with Gasteiger partial charge in [0.2, 0.25) is 0 Å². The van der Waals surface area contributed by atoms with Gasteiger partial charge < -0.3 is 10.5 Å². The zero-order chi connectivity index (χ0) is 12.1. The number of hydrogen-bond donors (Lipinski definition) is 1. The first-order valence-corrected chi connectivity index (χ1v) is 7.04. The lowest BCUT2D eigenvalue weighted by Crippen LogP contribution is -2.10. The normalized spacial score (nSPS) is 10.8. The van der Waals surface area contributed by atoms with Crippen LogP contribution in [0.1, 0.15) is 26.7 Å². The second-order valence-electron chi connectivity index (χ2n) is 3.81. The molecule has 1 aromatic carbocycles. The van der Waals surface area contributed by atoms with Crippen LogP contribution in [0.4, 0.5) is 5.69 Å². The van der Waals surface area contributed by atoms with E-state index in [0.717, 1.165) is 34.1 Å². The molecule has 2 N–H and O–H groups in total. The summed E-state index contributed by atoms with van der Waals surface area (Å²) in [6.07, 6.45) is 2.28. The average molecular weight is 351 g/mol. The van der Waals surface area contributed by atoms with E-state index in [1.807, 2.05) is 12.1 Å². The van der Waals surface area contributed by atoms with Gasteiger partial charge in [-0.2, -0.15) is 0 Å². The van der Waals surface area contributed by atoms with Gasteiger partial charge in [0.1, 0.15) is 5.75 Å². The van der Waals surface area contributed by atoms with Crippen LogP contribution < -0.4 is 10.5 Å². The minimum atomic E-state index is 0.608. The molecular weight excluding hydrogens is 334 g/mol. The van der Waals surface area contributed by atoms with Crippen molar-refractivity contribution in [3.63, 3.8) is 0 Å². The maximum Gasteiger partial charge on any atom is 0.147 e. The van der Waals surface area contributed by atoms with Crippen LogP contribution in [0.5, 0.6) is 5.75 Å². The number of hydrogen-bond acceptors (Lipinski definition) is 2. The van der Waals surface area contributed by atoms with E-state index in [4.69, 9.17) is 10.5 Å². The molecule has 0 aliphatic heterocycles. The van der Waals surface area contributed by atoms with Crippen molar-refractivity contribution in [1.29, 1.82) is 0 Å². The van der Waals surface area contributed by atoms with Gasteiger partial charge in [-0.1, -0.05) is 26.7 Å². The molecule has 0 amide bonds. The van der Waals surface area contributed by atoms with E-state index in [0.29, 0.717) is 11.6 Å². The predicted molar refractivity (Wildman–Crippen MR) is 75.8 cm³/mol. The van der Waals surface area contributed by atoms with Crippen molar-refractivity contribution in [3.8, 4) is 5.75 Å². The summed E-state index contributed by atoms with van der Waals surface area (Å²) in [5.41, 5.74) is 6.44. The molecule has 16 heavy (non-hydrogen) atoms. The molecule has 0 bridgehead atoms.